The molecule has 0 aliphatic carbocycles. The standard InChI is InChI=1S/C29H32Cl3N3O4S/c1-29(2,3)33-28(37)25(17-20-11-6-5-7-12-20)34(18-21-13-8-9-14-22(21)30)26(36)19-35(40(4,38)39)24-16-10-15-23(31)27(24)32/h5-16,25H,17-19H2,1-4H3,(H,33,37)/t25-/m1/s1. The van der Waals surface area contributed by atoms with Gasteiger partial charge in [-0.15, -0.1) is 0 Å². The molecule has 3 aromatic rings. The number of halogens is 3. The number of rotatable bonds is 10. The second-order valence-corrected chi connectivity index (χ2v) is 13.5. The molecule has 0 heterocycles. The first-order valence-corrected chi connectivity index (χ1v) is 15.5. The molecule has 0 radical (unpaired) electrons. The predicted octanol–water partition coefficient (Wildman–Crippen LogP) is 5.97. The Balaban J connectivity index is 2.11. The minimum absolute atomic E-state index is 0.00800. The summed E-state index contributed by atoms with van der Waals surface area (Å²) in [6.45, 7) is 4.89. The number of carbonyl (C=O) groups is 2. The quantitative estimate of drug-likeness (QED) is 0.301. The lowest BCUT2D eigenvalue weighted by Gasteiger charge is -2.35. The highest BCUT2D eigenvalue weighted by Crippen LogP contribution is 2.34. The van der Waals surface area contributed by atoms with Gasteiger partial charge in [0.2, 0.25) is 21.8 Å². The monoisotopic (exact) mass is 623 g/mol. The van der Waals surface area contributed by atoms with Gasteiger partial charge in [0.25, 0.3) is 0 Å². The molecule has 0 saturated carbocycles. The summed E-state index contributed by atoms with van der Waals surface area (Å²) in [7, 11) is -3.98. The number of benzene rings is 3. The van der Waals surface area contributed by atoms with Crippen molar-refractivity contribution in [3.05, 3.63) is 99.0 Å². The van der Waals surface area contributed by atoms with Crippen LogP contribution in [0.25, 0.3) is 0 Å². The molecule has 0 fully saturated rings. The summed E-state index contributed by atoms with van der Waals surface area (Å²) in [5, 5.41) is 3.51. The molecule has 2 amide bonds. The van der Waals surface area contributed by atoms with Crippen LogP contribution in [0.2, 0.25) is 15.1 Å². The van der Waals surface area contributed by atoms with Crippen molar-refractivity contribution in [2.75, 3.05) is 17.1 Å². The molecule has 7 nitrogen and oxygen atoms in total. The van der Waals surface area contributed by atoms with Crippen molar-refractivity contribution in [2.45, 2.75) is 45.3 Å². The largest absolute Gasteiger partial charge is 0.350 e. The first kappa shape index (κ1) is 31.7. The van der Waals surface area contributed by atoms with Crippen molar-refractivity contribution in [1.29, 1.82) is 0 Å². The van der Waals surface area contributed by atoms with E-state index in [1.54, 1.807) is 30.3 Å². The molecule has 0 spiro atoms. The Morgan fingerprint density at radius 3 is 2.08 bits per heavy atom. The fourth-order valence-electron chi connectivity index (χ4n) is 4.10. The number of carbonyl (C=O) groups excluding carboxylic acids is 2. The van der Waals surface area contributed by atoms with Gasteiger partial charge in [0.15, 0.2) is 0 Å². The van der Waals surface area contributed by atoms with Crippen molar-refractivity contribution in [3.63, 3.8) is 0 Å². The first-order valence-electron chi connectivity index (χ1n) is 12.5. The molecule has 0 unspecified atom stereocenters. The molecular formula is C29H32Cl3N3O4S. The van der Waals surface area contributed by atoms with E-state index in [1.165, 1.54) is 17.0 Å². The lowest BCUT2D eigenvalue weighted by Crippen LogP contribution is -2.56. The van der Waals surface area contributed by atoms with Gasteiger partial charge >= 0.3 is 0 Å². The van der Waals surface area contributed by atoms with E-state index in [2.05, 4.69) is 5.32 Å². The maximum Gasteiger partial charge on any atom is 0.244 e. The third-order valence-corrected chi connectivity index (χ3v) is 8.25. The third-order valence-electron chi connectivity index (χ3n) is 5.95. The molecule has 1 N–H and O–H groups in total. The summed E-state index contributed by atoms with van der Waals surface area (Å²) in [6.07, 6.45) is 1.17. The summed E-state index contributed by atoms with van der Waals surface area (Å²) >= 11 is 19.0. The average Bonchev–Trinajstić information content (AvgIpc) is 2.86. The highest BCUT2D eigenvalue weighted by Gasteiger charge is 2.35. The molecule has 11 heteroatoms. The molecule has 0 saturated heterocycles. The van der Waals surface area contributed by atoms with Gasteiger partial charge in [-0.3, -0.25) is 13.9 Å². The Labute approximate surface area is 251 Å². The number of hydrogen-bond donors (Lipinski definition) is 1. The maximum absolute atomic E-state index is 14.1. The van der Waals surface area contributed by atoms with Crippen molar-refractivity contribution in [2.24, 2.45) is 0 Å². The van der Waals surface area contributed by atoms with E-state index in [1.807, 2.05) is 51.1 Å². The number of sulfonamides is 1. The Bertz CT molecular complexity index is 1460. The zero-order valence-electron chi connectivity index (χ0n) is 22.7. The van der Waals surface area contributed by atoms with Gasteiger partial charge in [0, 0.05) is 23.5 Å². The predicted molar refractivity (Wildman–Crippen MR) is 162 cm³/mol. The molecule has 214 valence electrons. The molecule has 0 bridgehead atoms. The first-order chi connectivity index (χ1) is 18.7. The SMILES string of the molecule is CC(C)(C)NC(=O)[C@@H](Cc1ccccc1)N(Cc1ccccc1Cl)C(=O)CN(c1cccc(Cl)c1Cl)S(C)(=O)=O. The van der Waals surface area contributed by atoms with Gasteiger partial charge in [-0.05, 0) is 50.1 Å². The zero-order valence-corrected chi connectivity index (χ0v) is 25.8. The van der Waals surface area contributed by atoms with Crippen LogP contribution in [0.5, 0.6) is 0 Å². The molecule has 0 aromatic heterocycles. The van der Waals surface area contributed by atoms with E-state index < -0.39 is 34.1 Å². The van der Waals surface area contributed by atoms with Crippen LogP contribution < -0.4 is 9.62 Å². The van der Waals surface area contributed by atoms with Crippen LogP contribution in [0.15, 0.2) is 72.8 Å². The Kier molecular flexibility index (Phi) is 10.5. The number of hydrogen-bond acceptors (Lipinski definition) is 4. The van der Waals surface area contributed by atoms with Crippen LogP contribution in [0.4, 0.5) is 5.69 Å². The molecule has 0 aliphatic heterocycles. The van der Waals surface area contributed by atoms with E-state index in [-0.39, 0.29) is 34.6 Å². The molecular weight excluding hydrogens is 593 g/mol. The van der Waals surface area contributed by atoms with Gasteiger partial charge in [-0.2, -0.15) is 0 Å². The van der Waals surface area contributed by atoms with Crippen molar-refractivity contribution in [1.82, 2.24) is 10.2 Å². The Hall–Kier alpha value is -2.78. The van der Waals surface area contributed by atoms with Crippen LogP contribution in [0, 0.1) is 0 Å². The topological polar surface area (TPSA) is 86.8 Å². The van der Waals surface area contributed by atoms with Crippen LogP contribution in [0.3, 0.4) is 0 Å². The van der Waals surface area contributed by atoms with E-state index in [0.717, 1.165) is 16.1 Å². The fourth-order valence-corrected chi connectivity index (χ4v) is 5.59. The van der Waals surface area contributed by atoms with Crippen LogP contribution in [-0.4, -0.2) is 49.5 Å². The lowest BCUT2D eigenvalue weighted by molar-refractivity contribution is -0.140. The molecule has 3 rings (SSSR count). The minimum Gasteiger partial charge on any atom is -0.350 e. The van der Waals surface area contributed by atoms with Crippen LogP contribution in [-0.2, 0) is 32.6 Å². The van der Waals surface area contributed by atoms with E-state index in [0.29, 0.717) is 10.6 Å². The number of nitrogens with one attached hydrogen (secondary N) is 1. The highest BCUT2D eigenvalue weighted by molar-refractivity contribution is 7.92. The van der Waals surface area contributed by atoms with Gasteiger partial charge in [0.1, 0.15) is 12.6 Å². The summed E-state index contributed by atoms with van der Waals surface area (Å²) in [6, 6.07) is 19.8. The Morgan fingerprint density at radius 2 is 1.48 bits per heavy atom. The van der Waals surface area contributed by atoms with Crippen LogP contribution in [0.1, 0.15) is 31.9 Å². The van der Waals surface area contributed by atoms with Gasteiger partial charge < -0.3 is 10.2 Å². The average molecular weight is 625 g/mol. The zero-order chi connectivity index (χ0) is 29.7. The smallest absolute Gasteiger partial charge is 0.244 e. The lowest BCUT2D eigenvalue weighted by atomic mass is 10.0. The summed E-state index contributed by atoms with van der Waals surface area (Å²) in [5.41, 5.74) is 0.900. The van der Waals surface area contributed by atoms with Gasteiger partial charge in [-0.25, -0.2) is 8.42 Å². The van der Waals surface area contributed by atoms with Crippen molar-refractivity contribution < 1.29 is 18.0 Å². The second kappa shape index (κ2) is 13.3. The second-order valence-electron chi connectivity index (χ2n) is 10.4. The normalized spacial score (nSPS) is 12.5. The summed E-state index contributed by atoms with van der Waals surface area (Å²) in [5.74, 6) is -1.00. The highest BCUT2D eigenvalue weighted by atomic mass is 35.5. The number of amides is 2. The maximum atomic E-state index is 14.1. The van der Waals surface area contributed by atoms with Crippen LogP contribution >= 0.6 is 34.8 Å². The minimum atomic E-state index is -3.98. The van der Waals surface area contributed by atoms with Gasteiger partial charge in [-0.1, -0.05) is 89.4 Å². The molecule has 40 heavy (non-hydrogen) atoms. The summed E-state index contributed by atoms with van der Waals surface area (Å²) in [4.78, 5) is 29.2. The van der Waals surface area contributed by atoms with Gasteiger partial charge in [0.05, 0.1) is 22.0 Å². The van der Waals surface area contributed by atoms with Crippen molar-refractivity contribution in [3.8, 4) is 0 Å². The molecule has 3 aromatic carbocycles. The van der Waals surface area contributed by atoms with E-state index in [9.17, 15) is 18.0 Å². The van der Waals surface area contributed by atoms with E-state index in [4.69, 9.17) is 34.8 Å². The Morgan fingerprint density at radius 1 is 0.875 bits per heavy atom. The number of anilines is 1. The fraction of sp³-hybridized carbons (Fsp3) is 0.310. The molecule has 0 aliphatic rings. The molecule has 1 atom stereocenters. The third kappa shape index (κ3) is 8.61. The number of nitrogens with zero attached hydrogens (tertiary/aromatic N) is 2. The van der Waals surface area contributed by atoms with Crippen molar-refractivity contribution >= 4 is 62.3 Å². The summed E-state index contributed by atoms with van der Waals surface area (Å²) < 4.78 is 26.7. The van der Waals surface area contributed by atoms with E-state index >= 15 is 0 Å².